The van der Waals surface area contributed by atoms with Gasteiger partial charge >= 0.3 is 0 Å². The van der Waals surface area contributed by atoms with Crippen LogP contribution in [0.3, 0.4) is 0 Å². The van der Waals surface area contributed by atoms with Gasteiger partial charge in [-0.1, -0.05) is 18.2 Å². The van der Waals surface area contributed by atoms with Gasteiger partial charge in [-0.15, -0.1) is 0 Å². The summed E-state index contributed by atoms with van der Waals surface area (Å²) in [4.78, 5) is 13.7. The van der Waals surface area contributed by atoms with Crippen LogP contribution < -0.4 is 0 Å². The average Bonchev–Trinajstić information content (AvgIpc) is 2.95. The van der Waals surface area contributed by atoms with Crippen molar-refractivity contribution < 1.29 is 9.53 Å². The van der Waals surface area contributed by atoms with Crippen molar-refractivity contribution in [3.05, 3.63) is 35.4 Å². The number of hydrogen-bond acceptors (Lipinski definition) is 2. The third kappa shape index (κ3) is 1.21. The van der Waals surface area contributed by atoms with E-state index in [9.17, 15) is 4.79 Å². The lowest BCUT2D eigenvalue weighted by Gasteiger charge is -2.12. The van der Waals surface area contributed by atoms with Gasteiger partial charge in [0.15, 0.2) is 0 Å². The van der Waals surface area contributed by atoms with Crippen molar-refractivity contribution in [2.45, 2.75) is 12.6 Å². The average molecular weight is 189 g/mol. The van der Waals surface area contributed by atoms with Crippen molar-refractivity contribution >= 4 is 5.91 Å². The molecule has 1 fully saturated rings. The normalized spacial score (nSPS) is 23.9. The molecule has 1 atom stereocenters. The Morgan fingerprint density at radius 3 is 2.93 bits per heavy atom. The summed E-state index contributed by atoms with van der Waals surface area (Å²) in [6, 6.07) is 7.80. The van der Waals surface area contributed by atoms with Crippen LogP contribution in [-0.4, -0.2) is 30.1 Å². The van der Waals surface area contributed by atoms with E-state index >= 15 is 0 Å². The molecule has 1 aromatic rings. The van der Waals surface area contributed by atoms with E-state index in [0.29, 0.717) is 0 Å². The van der Waals surface area contributed by atoms with Gasteiger partial charge < -0.3 is 9.64 Å². The van der Waals surface area contributed by atoms with Crippen molar-refractivity contribution in [1.29, 1.82) is 0 Å². The second-order valence-electron chi connectivity index (χ2n) is 3.80. The molecule has 0 bridgehead atoms. The van der Waals surface area contributed by atoms with Crippen LogP contribution in [-0.2, 0) is 11.3 Å². The van der Waals surface area contributed by atoms with Crippen LogP contribution in [0.2, 0.25) is 0 Å². The van der Waals surface area contributed by atoms with Gasteiger partial charge in [0.05, 0.1) is 12.7 Å². The number of epoxide rings is 1. The fraction of sp³-hybridized carbons (Fsp3) is 0.364. The number of carbonyl (C=O) groups excluding carboxylic acids is 1. The molecule has 1 saturated heterocycles. The van der Waals surface area contributed by atoms with Crippen molar-refractivity contribution in [3.63, 3.8) is 0 Å². The molecule has 1 aromatic carbocycles. The van der Waals surface area contributed by atoms with Crippen LogP contribution in [0.5, 0.6) is 0 Å². The molecule has 2 aliphatic heterocycles. The number of amides is 1. The number of ether oxygens (including phenoxy) is 1. The van der Waals surface area contributed by atoms with Gasteiger partial charge in [-0.3, -0.25) is 4.79 Å². The van der Waals surface area contributed by atoms with Gasteiger partial charge in [0.1, 0.15) is 0 Å². The first kappa shape index (κ1) is 8.00. The Labute approximate surface area is 82.3 Å². The molecule has 0 aliphatic carbocycles. The van der Waals surface area contributed by atoms with Gasteiger partial charge in [0, 0.05) is 18.7 Å². The number of nitrogens with zero attached hydrogens (tertiary/aromatic N) is 1. The summed E-state index contributed by atoms with van der Waals surface area (Å²) in [5.41, 5.74) is 1.99. The van der Waals surface area contributed by atoms with E-state index in [1.54, 1.807) is 0 Å². The van der Waals surface area contributed by atoms with Crippen LogP contribution >= 0.6 is 0 Å². The van der Waals surface area contributed by atoms with Crippen LogP contribution in [0.25, 0.3) is 0 Å². The van der Waals surface area contributed by atoms with Crippen molar-refractivity contribution in [1.82, 2.24) is 4.90 Å². The first-order valence-electron chi connectivity index (χ1n) is 4.83. The Morgan fingerprint density at radius 2 is 2.21 bits per heavy atom. The Hall–Kier alpha value is -1.35. The molecule has 1 amide bonds. The molecular formula is C11H11NO2. The highest BCUT2D eigenvalue weighted by atomic mass is 16.6. The zero-order valence-corrected chi connectivity index (χ0v) is 7.77. The van der Waals surface area contributed by atoms with Crippen LogP contribution in [0.15, 0.2) is 24.3 Å². The fourth-order valence-electron chi connectivity index (χ4n) is 1.88. The van der Waals surface area contributed by atoms with Gasteiger partial charge in [-0.05, 0) is 11.6 Å². The van der Waals surface area contributed by atoms with E-state index in [-0.39, 0.29) is 12.0 Å². The van der Waals surface area contributed by atoms with E-state index in [2.05, 4.69) is 0 Å². The summed E-state index contributed by atoms with van der Waals surface area (Å²) in [6.07, 6.45) is 0.285. The predicted molar refractivity (Wildman–Crippen MR) is 50.9 cm³/mol. The number of carbonyl (C=O) groups is 1. The van der Waals surface area contributed by atoms with Crippen molar-refractivity contribution in [2.24, 2.45) is 0 Å². The quantitative estimate of drug-likeness (QED) is 0.651. The second kappa shape index (κ2) is 2.82. The minimum absolute atomic E-state index is 0.149. The summed E-state index contributed by atoms with van der Waals surface area (Å²) in [5, 5.41) is 0. The largest absolute Gasteiger partial charge is 0.371 e. The van der Waals surface area contributed by atoms with Gasteiger partial charge in [-0.25, -0.2) is 0 Å². The van der Waals surface area contributed by atoms with E-state index in [4.69, 9.17) is 4.74 Å². The van der Waals surface area contributed by atoms with Gasteiger partial charge in [0.25, 0.3) is 5.91 Å². The Kier molecular flexibility index (Phi) is 1.61. The molecule has 0 radical (unpaired) electrons. The molecular weight excluding hydrogens is 178 g/mol. The number of rotatable bonds is 2. The highest BCUT2D eigenvalue weighted by molar-refractivity contribution is 5.98. The zero-order valence-electron chi connectivity index (χ0n) is 7.77. The van der Waals surface area contributed by atoms with E-state index in [0.717, 1.165) is 30.8 Å². The molecule has 3 heteroatoms. The number of hydrogen-bond donors (Lipinski definition) is 0. The smallest absolute Gasteiger partial charge is 0.254 e. The molecule has 2 aliphatic rings. The van der Waals surface area contributed by atoms with Crippen molar-refractivity contribution in [2.75, 3.05) is 13.2 Å². The molecule has 3 nitrogen and oxygen atoms in total. The Bertz CT molecular complexity index is 385. The maximum Gasteiger partial charge on any atom is 0.254 e. The maximum atomic E-state index is 11.8. The molecule has 0 N–H and O–H groups in total. The summed E-state index contributed by atoms with van der Waals surface area (Å²) in [7, 11) is 0. The summed E-state index contributed by atoms with van der Waals surface area (Å²) in [5.74, 6) is 0.149. The Morgan fingerprint density at radius 1 is 1.43 bits per heavy atom. The summed E-state index contributed by atoms with van der Waals surface area (Å²) >= 11 is 0. The standard InChI is InChI=1S/C11H11NO2/c13-11-10-4-2-1-3-8(10)5-12(11)6-9-7-14-9/h1-4,9H,5-7H2/t9-/m0/s1. The molecule has 72 valence electrons. The third-order valence-corrected chi connectivity index (χ3v) is 2.72. The highest BCUT2D eigenvalue weighted by Gasteiger charge is 2.32. The maximum absolute atomic E-state index is 11.8. The minimum Gasteiger partial charge on any atom is -0.371 e. The van der Waals surface area contributed by atoms with E-state index in [1.807, 2.05) is 29.2 Å². The molecule has 0 unspecified atom stereocenters. The van der Waals surface area contributed by atoms with E-state index < -0.39 is 0 Å². The SMILES string of the molecule is O=C1c2ccccc2CN1C[C@H]1CO1. The number of fused-ring (bicyclic) bond motifs is 1. The molecule has 0 aromatic heterocycles. The summed E-state index contributed by atoms with van der Waals surface area (Å²) < 4.78 is 5.12. The lowest BCUT2D eigenvalue weighted by Crippen LogP contribution is -2.27. The number of benzene rings is 1. The lowest BCUT2D eigenvalue weighted by molar-refractivity contribution is 0.0766. The Balaban J connectivity index is 1.85. The first-order valence-corrected chi connectivity index (χ1v) is 4.83. The van der Waals surface area contributed by atoms with Crippen LogP contribution in [0.4, 0.5) is 0 Å². The fourth-order valence-corrected chi connectivity index (χ4v) is 1.88. The molecule has 14 heavy (non-hydrogen) atoms. The monoisotopic (exact) mass is 189 g/mol. The highest BCUT2D eigenvalue weighted by Crippen LogP contribution is 2.24. The first-order chi connectivity index (χ1) is 6.84. The zero-order chi connectivity index (χ0) is 9.54. The van der Waals surface area contributed by atoms with Crippen LogP contribution in [0, 0.1) is 0 Å². The minimum atomic E-state index is 0.149. The van der Waals surface area contributed by atoms with E-state index in [1.165, 1.54) is 0 Å². The van der Waals surface area contributed by atoms with Gasteiger partial charge in [0.2, 0.25) is 0 Å². The third-order valence-electron chi connectivity index (χ3n) is 2.72. The topological polar surface area (TPSA) is 32.8 Å². The second-order valence-corrected chi connectivity index (χ2v) is 3.80. The molecule has 0 saturated carbocycles. The van der Waals surface area contributed by atoms with Gasteiger partial charge in [-0.2, -0.15) is 0 Å². The van der Waals surface area contributed by atoms with Crippen molar-refractivity contribution in [3.8, 4) is 0 Å². The summed E-state index contributed by atoms with van der Waals surface area (Å²) in [6.45, 7) is 2.29. The lowest BCUT2D eigenvalue weighted by atomic mass is 10.1. The molecule has 0 spiro atoms. The predicted octanol–water partition coefficient (Wildman–Crippen LogP) is 1.04. The van der Waals surface area contributed by atoms with Crippen LogP contribution in [0.1, 0.15) is 15.9 Å². The molecule has 3 rings (SSSR count). The molecule has 2 heterocycles.